The Morgan fingerprint density at radius 1 is 1.11 bits per heavy atom. The van der Waals surface area contributed by atoms with Gasteiger partial charge in [-0.05, 0) is 56.9 Å². The van der Waals surface area contributed by atoms with Gasteiger partial charge in [-0.2, -0.15) is 5.26 Å². The van der Waals surface area contributed by atoms with Crippen LogP contribution in [0.2, 0.25) is 0 Å². The summed E-state index contributed by atoms with van der Waals surface area (Å²) in [6.07, 6.45) is 0.413. The van der Waals surface area contributed by atoms with Crippen LogP contribution in [0.1, 0.15) is 34.2 Å². The topological polar surface area (TPSA) is 129 Å². The number of hydrogen-bond acceptors (Lipinski definition) is 7. The highest BCUT2D eigenvalue weighted by Crippen LogP contribution is 2.21. The SMILES string of the molecule is CCOC(=O)CNC(=O)Cn1c(Cc2ccc(C#N)cc2)nc2cc(C(=O)NCCN(C)C)ccc21. The molecule has 0 radical (unpaired) electrons. The van der Waals surface area contributed by atoms with E-state index < -0.39 is 5.97 Å². The summed E-state index contributed by atoms with van der Waals surface area (Å²) in [5, 5.41) is 14.5. The molecule has 2 N–H and O–H groups in total. The van der Waals surface area contributed by atoms with Crippen LogP contribution in [-0.4, -0.2) is 72.6 Å². The van der Waals surface area contributed by atoms with Crippen molar-refractivity contribution >= 4 is 28.8 Å². The van der Waals surface area contributed by atoms with Crippen LogP contribution in [0.4, 0.5) is 0 Å². The number of likely N-dealkylation sites (N-methyl/N-ethyl adjacent to an activating group) is 1. The lowest BCUT2D eigenvalue weighted by Crippen LogP contribution is -2.33. The summed E-state index contributed by atoms with van der Waals surface area (Å²) in [7, 11) is 3.87. The maximum Gasteiger partial charge on any atom is 0.325 e. The fraction of sp³-hybridized carbons (Fsp3) is 0.346. The molecule has 10 heteroatoms. The van der Waals surface area contributed by atoms with Gasteiger partial charge in [-0.25, -0.2) is 4.98 Å². The number of fused-ring (bicyclic) bond motifs is 1. The van der Waals surface area contributed by atoms with Crippen molar-refractivity contribution in [1.29, 1.82) is 5.26 Å². The van der Waals surface area contributed by atoms with Crippen molar-refractivity contribution < 1.29 is 19.1 Å². The molecule has 188 valence electrons. The monoisotopic (exact) mass is 490 g/mol. The van der Waals surface area contributed by atoms with Gasteiger partial charge in [0.1, 0.15) is 18.9 Å². The largest absolute Gasteiger partial charge is 0.465 e. The summed E-state index contributed by atoms with van der Waals surface area (Å²) in [5.74, 6) is -0.460. The van der Waals surface area contributed by atoms with E-state index in [1.807, 2.05) is 31.1 Å². The standard InChI is InChI=1S/C26H30N6O4/c1-4-36-25(34)16-29-24(33)17-32-22-10-9-20(26(35)28-11-12-31(2)3)14-21(22)30-23(32)13-18-5-7-19(15-27)8-6-18/h5-10,14H,4,11-13,16-17H2,1-3H3,(H,28,35)(H,29,33). The molecule has 0 unspecified atom stereocenters. The van der Waals surface area contributed by atoms with Crippen LogP contribution in [0.5, 0.6) is 0 Å². The van der Waals surface area contributed by atoms with Crippen LogP contribution in [0, 0.1) is 11.3 Å². The average Bonchev–Trinajstić information content (AvgIpc) is 3.19. The first kappa shape index (κ1) is 26.4. The fourth-order valence-electron chi connectivity index (χ4n) is 3.59. The number of carbonyl (C=O) groups is 3. The second-order valence-corrected chi connectivity index (χ2v) is 8.44. The van der Waals surface area contributed by atoms with Gasteiger partial charge >= 0.3 is 5.97 Å². The number of nitrogens with zero attached hydrogens (tertiary/aromatic N) is 4. The minimum absolute atomic E-state index is 0.0596. The van der Waals surface area contributed by atoms with Crippen LogP contribution in [0.15, 0.2) is 42.5 Å². The van der Waals surface area contributed by atoms with Crippen molar-refractivity contribution in [1.82, 2.24) is 25.1 Å². The van der Waals surface area contributed by atoms with E-state index in [2.05, 4.69) is 16.7 Å². The number of nitrogens with one attached hydrogen (secondary N) is 2. The van der Waals surface area contributed by atoms with Crippen LogP contribution >= 0.6 is 0 Å². The van der Waals surface area contributed by atoms with Gasteiger partial charge in [0, 0.05) is 25.1 Å². The zero-order valence-electron chi connectivity index (χ0n) is 20.7. The third kappa shape index (κ3) is 7.13. The van der Waals surface area contributed by atoms with Crippen molar-refractivity contribution in [2.24, 2.45) is 0 Å². The Labute approximate surface area is 209 Å². The van der Waals surface area contributed by atoms with Gasteiger partial charge in [0.05, 0.1) is 29.3 Å². The second-order valence-electron chi connectivity index (χ2n) is 8.44. The molecule has 0 aliphatic heterocycles. The Balaban J connectivity index is 1.87. The van der Waals surface area contributed by atoms with Crippen LogP contribution < -0.4 is 10.6 Å². The molecule has 10 nitrogen and oxygen atoms in total. The van der Waals surface area contributed by atoms with E-state index in [4.69, 9.17) is 15.0 Å². The maximum absolute atomic E-state index is 12.6. The quantitative estimate of drug-likeness (QED) is 0.389. The molecular formula is C26H30N6O4. The van der Waals surface area contributed by atoms with E-state index in [1.165, 1.54) is 0 Å². The van der Waals surface area contributed by atoms with Crippen LogP contribution in [0.3, 0.4) is 0 Å². The van der Waals surface area contributed by atoms with E-state index in [9.17, 15) is 14.4 Å². The zero-order valence-corrected chi connectivity index (χ0v) is 20.7. The first-order chi connectivity index (χ1) is 17.3. The lowest BCUT2D eigenvalue weighted by Gasteiger charge is -2.11. The summed E-state index contributed by atoms with van der Waals surface area (Å²) < 4.78 is 6.63. The molecule has 0 aliphatic rings. The molecular weight excluding hydrogens is 460 g/mol. The Hall–Kier alpha value is -4.23. The van der Waals surface area contributed by atoms with Gasteiger partial charge in [-0.15, -0.1) is 0 Å². The molecule has 0 atom stereocenters. The number of ether oxygens (including phenoxy) is 1. The molecule has 3 rings (SSSR count). The Morgan fingerprint density at radius 3 is 2.53 bits per heavy atom. The average molecular weight is 491 g/mol. The number of hydrogen-bond donors (Lipinski definition) is 2. The highest BCUT2D eigenvalue weighted by Gasteiger charge is 2.17. The molecule has 0 saturated heterocycles. The minimum atomic E-state index is -0.510. The van der Waals surface area contributed by atoms with Gasteiger partial charge < -0.3 is 24.8 Å². The Kier molecular flexibility index (Phi) is 9.13. The molecule has 0 spiro atoms. The number of aromatic nitrogens is 2. The first-order valence-corrected chi connectivity index (χ1v) is 11.6. The maximum atomic E-state index is 12.6. The summed E-state index contributed by atoms with van der Waals surface area (Å²) in [6.45, 7) is 2.89. The number of rotatable bonds is 11. The van der Waals surface area contributed by atoms with Crippen molar-refractivity contribution in [3.8, 4) is 6.07 Å². The molecule has 0 saturated carbocycles. The van der Waals surface area contributed by atoms with Crippen LogP contribution in [-0.2, 0) is 27.3 Å². The summed E-state index contributed by atoms with van der Waals surface area (Å²) in [4.78, 5) is 43.5. The summed E-state index contributed by atoms with van der Waals surface area (Å²) in [6, 6.07) is 14.4. The van der Waals surface area contributed by atoms with Gasteiger partial charge in [0.2, 0.25) is 5.91 Å². The molecule has 0 bridgehead atoms. The molecule has 2 amide bonds. The molecule has 3 aromatic rings. The lowest BCUT2D eigenvalue weighted by atomic mass is 10.1. The van der Waals surface area contributed by atoms with Gasteiger partial charge in [-0.1, -0.05) is 12.1 Å². The zero-order chi connectivity index (χ0) is 26.1. The number of amides is 2. The smallest absolute Gasteiger partial charge is 0.325 e. The molecule has 1 aromatic heterocycles. The van der Waals surface area contributed by atoms with Crippen molar-refractivity contribution in [3.05, 3.63) is 65.0 Å². The highest BCUT2D eigenvalue weighted by molar-refractivity contribution is 5.97. The van der Waals surface area contributed by atoms with E-state index in [-0.39, 0.29) is 31.5 Å². The van der Waals surface area contributed by atoms with Gasteiger partial charge in [0.15, 0.2) is 0 Å². The normalized spacial score (nSPS) is 10.8. The predicted molar refractivity (Wildman–Crippen MR) is 134 cm³/mol. The number of carbonyl (C=O) groups excluding carboxylic acids is 3. The van der Waals surface area contributed by atoms with Gasteiger partial charge in [-0.3, -0.25) is 14.4 Å². The van der Waals surface area contributed by atoms with Crippen molar-refractivity contribution in [2.45, 2.75) is 19.9 Å². The number of benzene rings is 2. The van der Waals surface area contributed by atoms with Crippen molar-refractivity contribution in [2.75, 3.05) is 40.3 Å². The molecule has 0 aliphatic carbocycles. The molecule has 1 heterocycles. The first-order valence-electron chi connectivity index (χ1n) is 11.6. The number of imidazole rings is 1. The minimum Gasteiger partial charge on any atom is -0.465 e. The molecule has 36 heavy (non-hydrogen) atoms. The summed E-state index contributed by atoms with van der Waals surface area (Å²) >= 11 is 0. The number of esters is 1. The molecule has 2 aromatic carbocycles. The van der Waals surface area contributed by atoms with E-state index in [0.717, 1.165) is 12.1 Å². The fourth-order valence-corrected chi connectivity index (χ4v) is 3.59. The van der Waals surface area contributed by atoms with E-state index in [1.54, 1.807) is 41.8 Å². The summed E-state index contributed by atoms with van der Waals surface area (Å²) in [5.41, 5.74) is 3.21. The molecule has 0 fully saturated rings. The predicted octanol–water partition coefficient (Wildman–Crippen LogP) is 1.47. The third-order valence-corrected chi connectivity index (χ3v) is 5.42. The van der Waals surface area contributed by atoms with Gasteiger partial charge in [0.25, 0.3) is 5.91 Å². The second kappa shape index (κ2) is 12.5. The Morgan fingerprint density at radius 2 is 1.86 bits per heavy atom. The highest BCUT2D eigenvalue weighted by atomic mass is 16.5. The van der Waals surface area contributed by atoms with E-state index >= 15 is 0 Å². The van der Waals surface area contributed by atoms with Crippen molar-refractivity contribution in [3.63, 3.8) is 0 Å². The Bertz CT molecular complexity index is 1270. The van der Waals surface area contributed by atoms with E-state index in [0.29, 0.717) is 41.0 Å². The van der Waals surface area contributed by atoms with Crippen LogP contribution in [0.25, 0.3) is 11.0 Å². The third-order valence-electron chi connectivity index (χ3n) is 5.42. The number of nitriles is 1. The lowest BCUT2D eigenvalue weighted by molar-refractivity contribution is -0.143.